The Bertz CT molecular complexity index is 640. The van der Waals surface area contributed by atoms with Gasteiger partial charge in [0.15, 0.2) is 0 Å². The Balaban J connectivity index is 2.01. The van der Waals surface area contributed by atoms with Crippen LogP contribution in [-0.2, 0) is 13.0 Å². The zero-order valence-electron chi connectivity index (χ0n) is 11.3. The van der Waals surface area contributed by atoms with E-state index in [1.807, 2.05) is 18.0 Å². The van der Waals surface area contributed by atoms with Crippen LogP contribution in [-0.4, -0.2) is 13.6 Å². The van der Waals surface area contributed by atoms with Gasteiger partial charge in [0, 0.05) is 24.5 Å². The van der Waals surface area contributed by atoms with Crippen molar-refractivity contribution in [2.24, 2.45) is 0 Å². The molecule has 1 heterocycles. The smallest absolute Gasteiger partial charge is 0.125 e. The molecule has 2 aromatic rings. The number of benzene rings is 2. The van der Waals surface area contributed by atoms with Crippen LogP contribution in [0, 0.1) is 11.6 Å². The lowest BCUT2D eigenvalue weighted by molar-refractivity contribution is 0.623. The van der Waals surface area contributed by atoms with Crippen molar-refractivity contribution in [3.05, 3.63) is 59.2 Å². The molecule has 0 radical (unpaired) electrons. The van der Waals surface area contributed by atoms with Crippen LogP contribution >= 0.6 is 0 Å². The molecular weight excluding hydrogens is 258 g/mol. The van der Waals surface area contributed by atoms with E-state index in [1.54, 1.807) is 6.07 Å². The summed E-state index contributed by atoms with van der Waals surface area (Å²) in [5, 5.41) is 3.01. The van der Waals surface area contributed by atoms with E-state index in [4.69, 9.17) is 0 Å². The van der Waals surface area contributed by atoms with Crippen LogP contribution in [0.2, 0.25) is 0 Å². The van der Waals surface area contributed by atoms with Crippen LogP contribution in [0.1, 0.15) is 11.1 Å². The average Bonchev–Trinajstić information content (AvgIpc) is 2.81. The number of fused-ring (bicyclic) bond motifs is 1. The maximum atomic E-state index is 13.7. The first kappa shape index (κ1) is 13.1. The van der Waals surface area contributed by atoms with Crippen molar-refractivity contribution < 1.29 is 8.78 Å². The summed E-state index contributed by atoms with van der Waals surface area (Å²) in [7, 11) is 1.82. The Kier molecular flexibility index (Phi) is 3.40. The fourth-order valence-corrected chi connectivity index (χ4v) is 2.72. The SMILES string of the molecule is CNCc1cc(F)cc(N2CCc3ccc(F)cc32)c1. The maximum absolute atomic E-state index is 13.7. The third-order valence-electron chi connectivity index (χ3n) is 3.58. The van der Waals surface area contributed by atoms with Crippen molar-refractivity contribution in [3.63, 3.8) is 0 Å². The molecule has 2 aromatic carbocycles. The second-order valence-electron chi connectivity index (χ2n) is 5.02. The molecule has 4 heteroatoms. The predicted octanol–water partition coefficient (Wildman–Crippen LogP) is 3.38. The van der Waals surface area contributed by atoms with Gasteiger partial charge in [0.2, 0.25) is 0 Å². The number of rotatable bonds is 3. The molecule has 1 aliphatic rings. The highest BCUT2D eigenvalue weighted by Gasteiger charge is 2.21. The first-order valence-electron chi connectivity index (χ1n) is 6.67. The Labute approximate surface area is 117 Å². The highest BCUT2D eigenvalue weighted by atomic mass is 19.1. The summed E-state index contributed by atoms with van der Waals surface area (Å²) in [6.45, 7) is 1.36. The monoisotopic (exact) mass is 274 g/mol. The molecule has 0 atom stereocenters. The standard InChI is InChI=1S/C16H16F2N2/c1-19-10-11-6-14(18)8-15(7-11)20-5-4-12-2-3-13(17)9-16(12)20/h2-3,6-9,19H,4-5,10H2,1H3. The Morgan fingerprint density at radius 3 is 2.75 bits per heavy atom. The van der Waals surface area contributed by atoms with Crippen molar-refractivity contribution in [2.45, 2.75) is 13.0 Å². The van der Waals surface area contributed by atoms with Gasteiger partial charge in [-0.2, -0.15) is 0 Å². The summed E-state index contributed by atoms with van der Waals surface area (Å²) in [6.07, 6.45) is 0.855. The normalized spacial score (nSPS) is 13.7. The molecule has 0 saturated carbocycles. The highest BCUT2D eigenvalue weighted by molar-refractivity contribution is 5.70. The second-order valence-corrected chi connectivity index (χ2v) is 5.02. The Hall–Kier alpha value is -1.94. The molecular formula is C16H16F2N2. The quantitative estimate of drug-likeness (QED) is 0.923. The molecule has 1 aliphatic heterocycles. The number of nitrogens with zero attached hydrogens (tertiary/aromatic N) is 1. The first-order valence-corrected chi connectivity index (χ1v) is 6.67. The molecule has 0 aliphatic carbocycles. The zero-order valence-corrected chi connectivity index (χ0v) is 11.3. The largest absolute Gasteiger partial charge is 0.341 e. The predicted molar refractivity (Wildman–Crippen MR) is 76.3 cm³/mol. The van der Waals surface area contributed by atoms with Gasteiger partial charge in [-0.15, -0.1) is 0 Å². The van der Waals surface area contributed by atoms with Gasteiger partial charge in [-0.05, 0) is 54.9 Å². The summed E-state index contributed by atoms with van der Waals surface area (Å²) in [5.74, 6) is -0.528. The van der Waals surface area contributed by atoms with E-state index >= 15 is 0 Å². The molecule has 0 spiro atoms. The fraction of sp³-hybridized carbons (Fsp3) is 0.250. The Morgan fingerprint density at radius 2 is 1.95 bits per heavy atom. The van der Waals surface area contributed by atoms with E-state index in [2.05, 4.69) is 5.32 Å². The van der Waals surface area contributed by atoms with Gasteiger partial charge in [0.1, 0.15) is 11.6 Å². The fourth-order valence-electron chi connectivity index (χ4n) is 2.72. The topological polar surface area (TPSA) is 15.3 Å². The summed E-state index contributed by atoms with van der Waals surface area (Å²) in [4.78, 5) is 1.97. The lowest BCUT2D eigenvalue weighted by atomic mass is 10.1. The van der Waals surface area contributed by atoms with Crippen LogP contribution in [0.25, 0.3) is 0 Å². The number of anilines is 2. The number of hydrogen-bond acceptors (Lipinski definition) is 2. The van der Waals surface area contributed by atoms with Gasteiger partial charge >= 0.3 is 0 Å². The van der Waals surface area contributed by atoms with E-state index in [-0.39, 0.29) is 11.6 Å². The lowest BCUT2D eigenvalue weighted by Gasteiger charge is -2.20. The van der Waals surface area contributed by atoms with Gasteiger partial charge in [-0.25, -0.2) is 8.78 Å². The van der Waals surface area contributed by atoms with Crippen LogP contribution in [0.15, 0.2) is 36.4 Å². The van der Waals surface area contributed by atoms with Gasteiger partial charge in [-0.3, -0.25) is 0 Å². The summed E-state index contributed by atoms with van der Waals surface area (Å²) in [6, 6.07) is 9.76. The van der Waals surface area contributed by atoms with Gasteiger partial charge in [0.25, 0.3) is 0 Å². The van der Waals surface area contributed by atoms with Crippen LogP contribution < -0.4 is 10.2 Å². The molecule has 0 aromatic heterocycles. The zero-order chi connectivity index (χ0) is 14.1. The van der Waals surface area contributed by atoms with E-state index in [0.29, 0.717) is 6.54 Å². The minimum absolute atomic E-state index is 0.262. The van der Waals surface area contributed by atoms with Gasteiger partial charge < -0.3 is 10.2 Å². The number of nitrogens with one attached hydrogen (secondary N) is 1. The number of hydrogen-bond donors (Lipinski definition) is 1. The number of halogens is 2. The van der Waals surface area contributed by atoms with Crippen molar-refractivity contribution in [3.8, 4) is 0 Å². The van der Waals surface area contributed by atoms with Crippen LogP contribution in [0.3, 0.4) is 0 Å². The molecule has 104 valence electrons. The molecule has 0 unspecified atom stereocenters. The minimum atomic E-state index is -0.266. The molecule has 0 amide bonds. The van der Waals surface area contributed by atoms with Crippen molar-refractivity contribution in [2.75, 3.05) is 18.5 Å². The molecule has 0 bridgehead atoms. The third kappa shape index (κ3) is 2.39. The van der Waals surface area contributed by atoms with Crippen molar-refractivity contribution in [1.82, 2.24) is 5.32 Å². The van der Waals surface area contributed by atoms with Crippen molar-refractivity contribution >= 4 is 11.4 Å². The molecule has 20 heavy (non-hydrogen) atoms. The van der Waals surface area contributed by atoms with Gasteiger partial charge in [0.05, 0.1) is 0 Å². The molecule has 1 N–H and O–H groups in total. The molecule has 3 rings (SSSR count). The lowest BCUT2D eigenvalue weighted by Crippen LogP contribution is -2.14. The third-order valence-corrected chi connectivity index (χ3v) is 3.58. The minimum Gasteiger partial charge on any atom is -0.341 e. The maximum Gasteiger partial charge on any atom is 0.125 e. The van der Waals surface area contributed by atoms with Gasteiger partial charge in [-0.1, -0.05) is 6.07 Å². The highest BCUT2D eigenvalue weighted by Crippen LogP contribution is 2.35. The summed E-state index contributed by atoms with van der Waals surface area (Å²) < 4.78 is 27.2. The van der Waals surface area contributed by atoms with Crippen molar-refractivity contribution in [1.29, 1.82) is 0 Å². The van der Waals surface area contributed by atoms with Crippen LogP contribution in [0.5, 0.6) is 0 Å². The molecule has 2 nitrogen and oxygen atoms in total. The van der Waals surface area contributed by atoms with E-state index in [1.165, 1.54) is 24.3 Å². The van der Waals surface area contributed by atoms with E-state index in [9.17, 15) is 8.78 Å². The van der Waals surface area contributed by atoms with E-state index < -0.39 is 0 Å². The first-order chi connectivity index (χ1) is 9.67. The second kappa shape index (κ2) is 5.21. The Morgan fingerprint density at radius 1 is 1.10 bits per heavy atom. The molecule has 0 fully saturated rings. The average molecular weight is 274 g/mol. The summed E-state index contributed by atoms with van der Waals surface area (Å²) >= 11 is 0. The summed E-state index contributed by atoms with van der Waals surface area (Å²) in [5.41, 5.74) is 3.60. The van der Waals surface area contributed by atoms with E-state index in [0.717, 1.165) is 35.5 Å². The molecule has 0 saturated heterocycles. The van der Waals surface area contributed by atoms with Crippen LogP contribution in [0.4, 0.5) is 20.2 Å².